The van der Waals surface area contributed by atoms with Crippen molar-refractivity contribution in [2.45, 2.75) is 44.6 Å². The first-order chi connectivity index (χ1) is 13.5. The number of fused-ring (bicyclic) bond motifs is 1. The van der Waals surface area contributed by atoms with E-state index in [2.05, 4.69) is 23.2 Å². The zero-order chi connectivity index (χ0) is 19.7. The molecule has 1 fully saturated rings. The lowest BCUT2D eigenvalue weighted by Crippen LogP contribution is -2.48. The number of para-hydroxylation sites is 1. The molecule has 0 saturated carbocycles. The van der Waals surface area contributed by atoms with E-state index in [9.17, 15) is 9.90 Å². The van der Waals surface area contributed by atoms with Crippen LogP contribution in [0.3, 0.4) is 0 Å². The SMILES string of the molecule is Cc1[nH]c2ccccc2c1C(C)C(=O)N1CCC(O)(Cc2ccccc2)CC1. The van der Waals surface area contributed by atoms with Crippen LogP contribution in [0.5, 0.6) is 0 Å². The number of benzene rings is 2. The largest absolute Gasteiger partial charge is 0.389 e. The molecule has 146 valence electrons. The van der Waals surface area contributed by atoms with Gasteiger partial charge in [-0.3, -0.25) is 4.79 Å². The van der Waals surface area contributed by atoms with E-state index < -0.39 is 5.60 Å². The van der Waals surface area contributed by atoms with Crippen LogP contribution in [-0.2, 0) is 11.2 Å². The lowest BCUT2D eigenvalue weighted by Gasteiger charge is -2.39. The fourth-order valence-electron chi connectivity index (χ4n) is 4.55. The van der Waals surface area contributed by atoms with E-state index in [1.807, 2.05) is 55.1 Å². The molecule has 1 saturated heterocycles. The van der Waals surface area contributed by atoms with Gasteiger partial charge < -0.3 is 15.0 Å². The Kier molecular flexibility index (Phi) is 4.98. The topological polar surface area (TPSA) is 56.3 Å². The zero-order valence-corrected chi connectivity index (χ0v) is 16.6. The summed E-state index contributed by atoms with van der Waals surface area (Å²) < 4.78 is 0. The minimum atomic E-state index is -0.724. The van der Waals surface area contributed by atoms with Gasteiger partial charge in [-0.15, -0.1) is 0 Å². The van der Waals surface area contributed by atoms with E-state index in [4.69, 9.17) is 0 Å². The maximum Gasteiger partial charge on any atom is 0.229 e. The molecule has 1 aliphatic heterocycles. The van der Waals surface area contributed by atoms with Crippen molar-refractivity contribution in [2.24, 2.45) is 0 Å². The van der Waals surface area contributed by atoms with Crippen molar-refractivity contribution in [3.8, 4) is 0 Å². The number of nitrogens with zero attached hydrogens (tertiary/aromatic N) is 1. The molecule has 0 aliphatic carbocycles. The molecule has 3 aromatic rings. The Morgan fingerprint density at radius 1 is 1.11 bits per heavy atom. The van der Waals surface area contributed by atoms with Crippen molar-refractivity contribution in [2.75, 3.05) is 13.1 Å². The number of H-pyrrole nitrogens is 1. The van der Waals surface area contributed by atoms with Crippen molar-refractivity contribution < 1.29 is 9.90 Å². The first-order valence-corrected chi connectivity index (χ1v) is 10.1. The molecule has 4 rings (SSSR count). The molecule has 0 spiro atoms. The van der Waals surface area contributed by atoms with E-state index in [0.717, 1.165) is 27.7 Å². The van der Waals surface area contributed by atoms with Crippen LogP contribution in [0.2, 0.25) is 0 Å². The number of hydrogen-bond acceptors (Lipinski definition) is 2. The summed E-state index contributed by atoms with van der Waals surface area (Å²) in [4.78, 5) is 18.5. The normalized spacial score (nSPS) is 17.6. The number of nitrogens with one attached hydrogen (secondary N) is 1. The third kappa shape index (κ3) is 3.57. The molecule has 0 radical (unpaired) electrons. The summed E-state index contributed by atoms with van der Waals surface area (Å²) in [6.07, 6.45) is 1.88. The molecule has 1 unspecified atom stereocenters. The number of aliphatic hydroxyl groups is 1. The number of aromatic amines is 1. The predicted octanol–water partition coefficient (Wildman–Crippen LogP) is 4.18. The summed E-state index contributed by atoms with van der Waals surface area (Å²) in [5.41, 5.74) is 3.64. The lowest BCUT2D eigenvalue weighted by atomic mass is 9.84. The quantitative estimate of drug-likeness (QED) is 0.718. The number of aryl methyl sites for hydroxylation is 1. The fraction of sp³-hybridized carbons (Fsp3) is 0.375. The van der Waals surface area contributed by atoms with Crippen LogP contribution in [0.1, 0.15) is 42.5 Å². The zero-order valence-electron chi connectivity index (χ0n) is 16.6. The van der Waals surface area contributed by atoms with Crippen LogP contribution < -0.4 is 0 Å². The van der Waals surface area contributed by atoms with Gasteiger partial charge in [-0.25, -0.2) is 0 Å². The fourth-order valence-corrected chi connectivity index (χ4v) is 4.55. The Bertz CT molecular complexity index is 969. The number of aromatic nitrogens is 1. The van der Waals surface area contributed by atoms with E-state index in [-0.39, 0.29) is 11.8 Å². The predicted molar refractivity (Wildman–Crippen MR) is 112 cm³/mol. The second-order valence-electron chi connectivity index (χ2n) is 8.14. The Balaban J connectivity index is 1.45. The standard InChI is InChI=1S/C24H28N2O2/c1-17(22-18(2)25-21-11-7-6-10-20(21)22)23(27)26-14-12-24(28,13-15-26)16-19-8-4-3-5-9-19/h3-11,17,25,28H,12-16H2,1-2H3. The Morgan fingerprint density at radius 2 is 1.75 bits per heavy atom. The van der Waals surface area contributed by atoms with Crippen LogP contribution in [0.4, 0.5) is 0 Å². The average molecular weight is 377 g/mol. The molecule has 1 atom stereocenters. The van der Waals surface area contributed by atoms with Gasteiger partial charge >= 0.3 is 0 Å². The highest BCUT2D eigenvalue weighted by atomic mass is 16.3. The van der Waals surface area contributed by atoms with Gasteiger partial charge in [0.25, 0.3) is 0 Å². The molecule has 2 aromatic carbocycles. The van der Waals surface area contributed by atoms with Crippen molar-refractivity contribution in [1.29, 1.82) is 0 Å². The highest BCUT2D eigenvalue weighted by molar-refractivity contribution is 5.93. The van der Waals surface area contributed by atoms with Gasteiger partial charge in [0.2, 0.25) is 5.91 Å². The molecular formula is C24H28N2O2. The van der Waals surface area contributed by atoms with Crippen LogP contribution in [0, 0.1) is 6.92 Å². The molecule has 1 amide bonds. The first kappa shape index (κ1) is 18.8. The van der Waals surface area contributed by atoms with Gasteiger partial charge in [0.1, 0.15) is 0 Å². The second kappa shape index (κ2) is 7.44. The maximum absolute atomic E-state index is 13.2. The molecule has 2 N–H and O–H groups in total. The third-order valence-electron chi connectivity index (χ3n) is 6.13. The van der Waals surface area contributed by atoms with E-state index >= 15 is 0 Å². The van der Waals surface area contributed by atoms with Crippen LogP contribution in [-0.4, -0.2) is 39.6 Å². The molecule has 2 heterocycles. The summed E-state index contributed by atoms with van der Waals surface area (Å²) in [5.74, 6) is -0.0499. The minimum Gasteiger partial charge on any atom is -0.389 e. The van der Waals surface area contributed by atoms with E-state index in [1.165, 1.54) is 0 Å². The average Bonchev–Trinajstić information content (AvgIpc) is 3.03. The van der Waals surface area contributed by atoms with E-state index in [0.29, 0.717) is 32.4 Å². The monoisotopic (exact) mass is 376 g/mol. The molecule has 4 nitrogen and oxygen atoms in total. The number of carbonyl (C=O) groups is 1. The number of likely N-dealkylation sites (tertiary alicyclic amines) is 1. The molecular weight excluding hydrogens is 348 g/mol. The van der Waals surface area contributed by atoms with Gasteiger partial charge in [0.15, 0.2) is 0 Å². The molecule has 1 aromatic heterocycles. The van der Waals surface area contributed by atoms with Crippen molar-refractivity contribution in [3.63, 3.8) is 0 Å². The summed E-state index contributed by atoms with van der Waals surface area (Å²) in [6.45, 7) is 5.24. The van der Waals surface area contributed by atoms with Crippen molar-refractivity contribution in [3.05, 3.63) is 71.4 Å². The molecule has 1 aliphatic rings. The number of carbonyl (C=O) groups excluding carboxylic acids is 1. The highest BCUT2D eigenvalue weighted by Gasteiger charge is 2.35. The molecule has 4 heteroatoms. The number of piperidine rings is 1. The Labute approximate surface area is 166 Å². The van der Waals surface area contributed by atoms with Gasteiger partial charge in [-0.2, -0.15) is 0 Å². The van der Waals surface area contributed by atoms with Crippen LogP contribution in [0.25, 0.3) is 10.9 Å². The molecule has 0 bridgehead atoms. The summed E-state index contributed by atoms with van der Waals surface area (Å²) in [5, 5.41) is 12.1. The van der Waals surface area contributed by atoms with Gasteiger partial charge in [-0.05, 0) is 43.9 Å². The number of amides is 1. The third-order valence-corrected chi connectivity index (χ3v) is 6.13. The Morgan fingerprint density at radius 3 is 2.46 bits per heavy atom. The van der Waals surface area contributed by atoms with Crippen molar-refractivity contribution in [1.82, 2.24) is 9.88 Å². The summed E-state index contributed by atoms with van der Waals surface area (Å²) in [7, 11) is 0. The number of rotatable bonds is 4. The van der Waals surface area contributed by atoms with Gasteiger partial charge in [0.05, 0.1) is 11.5 Å². The van der Waals surface area contributed by atoms with Crippen molar-refractivity contribution >= 4 is 16.8 Å². The highest BCUT2D eigenvalue weighted by Crippen LogP contribution is 2.32. The summed E-state index contributed by atoms with van der Waals surface area (Å²) in [6, 6.07) is 18.2. The minimum absolute atomic E-state index is 0.148. The summed E-state index contributed by atoms with van der Waals surface area (Å²) >= 11 is 0. The van der Waals surface area contributed by atoms with Gasteiger partial charge in [-0.1, -0.05) is 48.5 Å². The first-order valence-electron chi connectivity index (χ1n) is 10.1. The molecule has 28 heavy (non-hydrogen) atoms. The smallest absolute Gasteiger partial charge is 0.229 e. The van der Waals surface area contributed by atoms with Crippen LogP contribution >= 0.6 is 0 Å². The van der Waals surface area contributed by atoms with Gasteiger partial charge in [0, 0.05) is 36.1 Å². The maximum atomic E-state index is 13.2. The van der Waals surface area contributed by atoms with E-state index in [1.54, 1.807) is 0 Å². The second-order valence-corrected chi connectivity index (χ2v) is 8.14. The number of hydrogen-bond donors (Lipinski definition) is 2. The lowest BCUT2D eigenvalue weighted by molar-refractivity contribution is -0.136. The van der Waals surface area contributed by atoms with Crippen LogP contribution in [0.15, 0.2) is 54.6 Å². The Hall–Kier alpha value is -2.59.